The lowest BCUT2D eigenvalue weighted by atomic mass is 10.3. The zero-order valence-corrected chi connectivity index (χ0v) is 10.5. The second-order valence-corrected chi connectivity index (χ2v) is 6.07. The summed E-state index contributed by atoms with van der Waals surface area (Å²) >= 11 is 0. The predicted molar refractivity (Wildman–Crippen MR) is 65.7 cm³/mol. The van der Waals surface area contributed by atoms with Gasteiger partial charge in [0, 0.05) is 18.2 Å². The fourth-order valence-corrected chi connectivity index (χ4v) is 3.38. The van der Waals surface area contributed by atoms with Crippen molar-refractivity contribution in [2.45, 2.75) is 36.6 Å². The Kier molecular flexibility index (Phi) is 3.63. The number of non-ortho nitro benzene ring substituents is 1. The van der Waals surface area contributed by atoms with Crippen molar-refractivity contribution in [1.82, 2.24) is 4.72 Å². The molecule has 2 rings (SSSR count). The van der Waals surface area contributed by atoms with Gasteiger partial charge in [0.2, 0.25) is 10.0 Å². The maximum atomic E-state index is 12.0. The molecule has 0 radical (unpaired) electrons. The summed E-state index contributed by atoms with van der Waals surface area (Å²) in [5, 5.41) is 10.5. The number of sulfonamides is 1. The van der Waals surface area contributed by atoms with E-state index >= 15 is 0 Å². The molecule has 0 spiro atoms. The first-order valence-electron chi connectivity index (χ1n) is 5.76. The topological polar surface area (TPSA) is 89.3 Å². The highest BCUT2D eigenvalue weighted by Gasteiger charge is 2.23. The van der Waals surface area contributed by atoms with Crippen molar-refractivity contribution in [3.8, 4) is 0 Å². The second kappa shape index (κ2) is 5.03. The summed E-state index contributed by atoms with van der Waals surface area (Å²) in [4.78, 5) is 10.00. The average Bonchev–Trinajstić information content (AvgIpc) is 2.81. The van der Waals surface area contributed by atoms with Crippen LogP contribution in [0, 0.1) is 10.1 Å². The van der Waals surface area contributed by atoms with E-state index in [0.29, 0.717) is 0 Å². The van der Waals surface area contributed by atoms with Gasteiger partial charge in [0.15, 0.2) is 0 Å². The standard InChI is InChI=1S/C11H14N2O4S/c14-13(15)10-5-7-11(8-6-10)18(16,17)12-9-3-1-2-4-9/h5-9,12H,1-4H2. The normalized spacial score (nSPS) is 16.9. The highest BCUT2D eigenvalue weighted by molar-refractivity contribution is 7.89. The molecule has 1 aromatic rings. The molecule has 98 valence electrons. The SMILES string of the molecule is O=[N+]([O-])c1ccc(S(=O)(=O)NC2CCCC2)cc1. The van der Waals surface area contributed by atoms with E-state index in [0.717, 1.165) is 25.7 Å². The maximum absolute atomic E-state index is 12.0. The highest BCUT2D eigenvalue weighted by Crippen LogP contribution is 2.21. The Hall–Kier alpha value is -1.47. The quantitative estimate of drug-likeness (QED) is 0.667. The van der Waals surface area contributed by atoms with Crippen molar-refractivity contribution in [2.75, 3.05) is 0 Å². The van der Waals surface area contributed by atoms with Crippen LogP contribution in [0.5, 0.6) is 0 Å². The summed E-state index contributed by atoms with van der Waals surface area (Å²) in [6.45, 7) is 0. The molecule has 6 nitrogen and oxygen atoms in total. The first-order chi connectivity index (χ1) is 8.49. The molecule has 0 saturated heterocycles. The largest absolute Gasteiger partial charge is 0.269 e. The fraction of sp³-hybridized carbons (Fsp3) is 0.455. The number of nitro benzene ring substituents is 1. The van der Waals surface area contributed by atoms with Gasteiger partial charge < -0.3 is 0 Å². The van der Waals surface area contributed by atoms with Crippen LogP contribution in [0.15, 0.2) is 29.2 Å². The number of benzene rings is 1. The van der Waals surface area contributed by atoms with Crippen LogP contribution in [0.1, 0.15) is 25.7 Å². The smallest absolute Gasteiger partial charge is 0.258 e. The van der Waals surface area contributed by atoms with E-state index < -0.39 is 14.9 Å². The molecule has 1 aromatic carbocycles. The van der Waals surface area contributed by atoms with Gasteiger partial charge in [-0.2, -0.15) is 0 Å². The number of nitrogens with zero attached hydrogens (tertiary/aromatic N) is 1. The van der Waals surface area contributed by atoms with E-state index in [4.69, 9.17) is 0 Å². The Bertz CT molecular complexity index is 533. The van der Waals surface area contributed by atoms with Crippen LogP contribution in [-0.2, 0) is 10.0 Å². The molecule has 0 aromatic heterocycles. The summed E-state index contributed by atoms with van der Waals surface area (Å²) in [6, 6.07) is 4.90. The molecule has 7 heteroatoms. The summed E-state index contributed by atoms with van der Waals surface area (Å²) in [5.41, 5.74) is -0.116. The van der Waals surface area contributed by atoms with E-state index in [9.17, 15) is 18.5 Å². The molecule has 1 aliphatic carbocycles. The minimum absolute atomic E-state index is 0.00908. The zero-order valence-electron chi connectivity index (χ0n) is 9.70. The van der Waals surface area contributed by atoms with Gasteiger partial charge in [0.05, 0.1) is 9.82 Å². The van der Waals surface area contributed by atoms with Crippen LogP contribution >= 0.6 is 0 Å². The first kappa shape index (κ1) is 13.0. The molecular weight excluding hydrogens is 256 g/mol. The van der Waals surface area contributed by atoms with Crippen molar-refractivity contribution >= 4 is 15.7 Å². The van der Waals surface area contributed by atoms with E-state index in [1.54, 1.807) is 0 Å². The van der Waals surface area contributed by atoms with Gasteiger partial charge in [0.1, 0.15) is 0 Å². The summed E-state index contributed by atoms with van der Waals surface area (Å²) in [6.07, 6.45) is 3.78. The monoisotopic (exact) mass is 270 g/mol. The van der Waals surface area contributed by atoms with Crippen LogP contribution in [0.25, 0.3) is 0 Å². The van der Waals surface area contributed by atoms with Crippen molar-refractivity contribution < 1.29 is 13.3 Å². The van der Waals surface area contributed by atoms with Gasteiger partial charge in [-0.15, -0.1) is 0 Å². The summed E-state index contributed by atoms with van der Waals surface area (Å²) in [5.74, 6) is 0. The third kappa shape index (κ3) is 2.85. The Morgan fingerprint density at radius 1 is 1.17 bits per heavy atom. The minimum Gasteiger partial charge on any atom is -0.258 e. The Labute approximate surface area is 105 Å². The van der Waals surface area contributed by atoms with Crippen molar-refractivity contribution in [2.24, 2.45) is 0 Å². The number of nitrogens with one attached hydrogen (secondary N) is 1. The van der Waals surface area contributed by atoms with Gasteiger partial charge >= 0.3 is 0 Å². The van der Waals surface area contributed by atoms with Gasteiger partial charge in [-0.05, 0) is 25.0 Å². The van der Waals surface area contributed by atoms with Gasteiger partial charge in [-0.3, -0.25) is 10.1 Å². The third-order valence-electron chi connectivity index (χ3n) is 3.03. The molecule has 1 aliphatic rings. The molecule has 1 saturated carbocycles. The predicted octanol–water partition coefficient (Wildman–Crippen LogP) is 1.82. The van der Waals surface area contributed by atoms with Gasteiger partial charge in [-0.1, -0.05) is 12.8 Å². The van der Waals surface area contributed by atoms with Crippen LogP contribution < -0.4 is 4.72 Å². The lowest BCUT2D eigenvalue weighted by molar-refractivity contribution is -0.384. The molecule has 0 unspecified atom stereocenters. The lowest BCUT2D eigenvalue weighted by Crippen LogP contribution is -2.32. The van der Waals surface area contributed by atoms with E-state index in [1.165, 1.54) is 24.3 Å². The van der Waals surface area contributed by atoms with Crippen LogP contribution in [-0.4, -0.2) is 19.4 Å². The molecule has 0 bridgehead atoms. The Balaban J connectivity index is 2.16. The Morgan fingerprint density at radius 2 is 1.72 bits per heavy atom. The number of hydrogen-bond acceptors (Lipinski definition) is 4. The molecule has 0 amide bonds. The van der Waals surface area contributed by atoms with Crippen LogP contribution in [0.4, 0.5) is 5.69 Å². The average molecular weight is 270 g/mol. The van der Waals surface area contributed by atoms with E-state index in [2.05, 4.69) is 4.72 Å². The minimum atomic E-state index is -3.56. The van der Waals surface area contributed by atoms with E-state index in [-0.39, 0.29) is 16.6 Å². The zero-order chi connectivity index (χ0) is 13.2. The molecule has 0 atom stereocenters. The lowest BCUT2D eigenvalue weighted by Gasteiger charge is -2.12. The molecule has 18 heavy (non-hydrogen) atoms. The number of hydrogen-bond donors (Lipinski definition) is 1. The van der Waals surface area contributed by atoms with Gasteiger partial charge in [0.25, 0.3) is 5.69 Å². The second-order valence-electron chi connectivity index (χ2n) is 4.35. The molecular formula is C11H14N2O4S. The molecule has 1 fully saturated rings. The van der Waals surface area contributed by atoms with Crippen molar-refractivity contribution in [1.29, 1.82) is 0 Å². The molecule has 0 aliphatic heterocycles. The number of nitro groups is 1. The maximum Gasteiger partial charge on any atom is 0.269 e. The van der Waals surface area contributed by atoms with Crippen LogP contribution in [0.2, 0.25) is 0 Å². The molecule has 0 heterocycles. The molecule has 1 N–H and O–H groups in total. The fourth-order valence-electron chi connectivity index (χ4n) is 2.08. The van der Waals surface area contributed by atoms with Crippen LogP contribution in [0.3, 0.4) is 0 Å². The first-order valence-corrected chi connectivity index (χ1v) is 7.24. The summed E-state index contributed by atoms with van der Waals surface area (Å²) in [7, 11) is -3.56. The Morgan fingerprint density at radius 3 is 2.22 bits per heavy atom. The third-order valence-corrected chi connectivity index (χ3v) is 4.57. The van der Waals surface area contributed by atoms with Crippen molar-refractivity contribution in [3.05, 3.63) is 34.4 Å². The van der Waals surface area contributed by atoms with Crippen molar-refractivity contribution in [3.63, 3.8) is 0 Å². The highest BCUT2D eigenvalue weighted by atomic mass is 32.2. The summed E-state index contributed by atoms with van der Waals surface area (Å²) < 4.78 is 26.6. The number of rotatable bonds is 4. The van der Waals surface area contributed by atoms with E-state index in [1.807, 2.05) is 0 Å². The van der Waals surface area contributed by atoms with Gasteiger partial charge in [-0.25, -0.2) is 13.1 Å².